The van der Waals surface area contributed by atoms with Gasteiger partial charge in [-0.1, -0.05) is 25.1 Å². The van der Waals surface area contributed by atoms with E-state index in [2.05, 4.69) is 51.5 Å². The molecule has 0 spiro atoms. The van der Waals surface area contributed by atoms with Crippen molar-refractivity contribution in [2.24, 2.45) is 0 Å². The number of aromatic nitrogens is 4. The summed E-state index contributed by atoms with van der Waals surface area (Å²) in [6.45, 7) is 5.15. The number of hydrogen-bond donors (Lipinski definition) is 3. The van der Waals surface area contributed by atoms with Gasteiger partial charge in [0.1, 0.15) is 0 Å². The molecule has 2 aromatic carbocycles. The number of rotatable bonds is 9. The summed E-state index contributed by atoms with van der Waals surface area (Å²) in [7, 11) is 1.91. The highest BCUT2D eigenvalue weighted by Crippen LogP contribution is 2.32. The Bertz CT molecular complexity index is 1260. The Morgan fingerprint density at radius 3 is 2.53 bits per heavy atom. The van der Waals surface area contributed by atoms with Crippen LogP contribution in [-0.2, 0) is 6.54 Å². The van der Waals surface area contributed by atoms with Gasteiger partial charge in [-0.25, -0.2) is 9.97 Å². The van der Waals surface area contributed by atoms with Gasteiger partial charge in [0.2, 0.25) is 5.89 Å². The first-order valence-corrected chi connectivity index (χ1v) is 11.9. The van der Waals surface area contributed by atoms with Crippen LogP contribution >= 0.6 is 11.8 Å². The molecule has 0 aliphatic rings. The van der Waals surface area contributed by atoms with Gasteiger partial charge >= 0.3 is 0 Å². The maximum atomic E-state index is 9.16. The first-order chi connectivity index (χ1) is 16.5. The SMILES string of the molecule is CNCc1ccc(-c2nnc(-c3nc(-c4ccc(SC(C)CCO)c(C)c4)cnc3N)o2)cc1. The van der Waals surface area contributed by atoms with E-state index in [4.69, 9.17) is 15.3 Å². The molecule has 0 radical (unpaired) electrons. The highest BCUT2D eigenvalue weighted by atomic mass is 32.2. The Hall–Kier alpha value is -3.27. The van der Waals surface area contributed by atoms with E-state index in [0.29, 0.717) is 22.5 Å². The average molecular weight is 477 g/mol. The maximum absolute atomic E-state index is 9.16. The second-order valence-corrected chi connectivity index (χ2v) is 9.53. The number of hydrogen-bond acceptors (Lipinski definition) is 9. The summed E-state index contributed by atoms with van der Waals surface area (Å²) < 4.78 is 5.89. The molecular formula is C25H28N6O2S. The Kier molecular flexibility index (Phi) is 7.56. The zero-order chi connectivity index (χ0) is 24.1. The topological polar surface area (TPSA) is 123 Å². The minimum absolute atomic E-state index is 0.189. The van der Waals surface area contributed by atoms with Crippen LogP contribution in [0.2, 0.25) is 0 Å². The lowest BCUT2D eigenvalue weighted by molar-refractivity contribution is 0.289. The lowest BCUT2D eigenvalue weighted by atomic mass is 10.1. The van der Waals surface area contributed by atoms with Crippen molar-refractivity contribution in [2.75, 3.05) is 19.4 Å². The zero-order valence-electron chi connectivity index (χ0n) is 19.4. The molecule has 0 bridgehead atoms. The van der Waals surface area contributed by atoms with Crippen LogP contribution in [0.4, 0.5) is 5.82 Å². The molecule has 34 heavy (non-hydrogen) atoms. The summed E-state index contributed by atoms with van der Waals surface area (Å²) in [6.07, 6.45) is 2.40. The van der Waals surface area contributed by atoms with Crippen molar-refractivity contribution in [3.8, 4) is 34.3 Å². The molecule has 1 unspecified atom stereocenters. The highest BCUT2D eigenvalue weighted by Gasteiger charge is 2.17. The van der Waals surface area contributed by atoms with Crippen LogP contribution in [0.25, 0.3) is 34.3 Å². The number of nitrogens with one attached hydrogen (secondary N) is 1. The maximum Gasteiger partial charge on any atom is 0.270 e. The fourth-order valence-corrected chi connectivity index (χ4v) is 4.55. The summed E-state index contributed by atoms with van der Waals surface area (Å²) in [4.78, 5) is 10.2. The number of nitrogens with two attached hydrogens (primary N) is 1. The minimum atomic E-state index is 0.189. The molecule has 4 rings (SSSR count). The second-order valence-electron chi connectivity index (χ2n) is 8.05. The molecular weight excluding hydrogens is 448 g/mol. The van der Waals surface area contributed by atoms with Crippen LogP contribution in [0.5, 0.6) is 0 Å². The Morgan fingerprint density at radius 1 is 1.09 bits per heavy atom. The number of aliphatic hydroxyl groups is 1. The predicted molar refractivity (Wildman–Crippen MR) is 135 cm³/mol. The molecule has 0 aliphatic heterocycles. The van der Waals surface area contributed by atoms with Crippen molar-refractivity contribution in [3.05, 3.63) is 59.8 Å². The van der Waals surface area contributed by atoms with Crippen LogP contribution in [0.1, 0.15) is 24.5 Å². The predicted octanol–water partition coefficient (Wildman–Crippen LogP) is 4.33. The van der Waals surface area contributed by atoms with Gasteiger partial charge in [-0.05, 0) is 55.8 Å². The van der Waals surface area contributed by atoms with Gasteiger partial charge in [-0.3, -0.25) is 0 Å². The van der Waals surface area contributed by atoms with Gasteiger partial charge in [0, 0.05) is 34.4 Å². The molecule has 4 aromatic rings. The first kappa shape index (κ1) is 23.9. The van der Waals surface area contributed by atoms with E-state index in [9.17, 15) is 0 Å². The van der Waals surface area contributed by atoms with E-state index in [1.54, 1.807) is 18.0 Å². The van der Waals surface area contributed by atoms with E-state index in [1.165, 1.54) is 4.90 Å². The molecule has 9 heteroatoms. The molecule has 0 saturated carbocycles. The van der Waals surface area contributed by atoms with Crippen LogP contribution < -0.4 is 11.1 Å². The van der Waals surface area contributed by atoms with Gasteiger partial charge in [-0.15, -0.1) is 22.0 Å². The lowest BCUT2D eigenvalue weighted by Crippen LogP contribution is -2.04. The number of thioether (sulfide) groups is 1. The molecule has 0 amide bonds. The van der Waals surface area contributed by atoms with Crippen molar-refractivity contribution < 1.29 is 9.52 Å². The highest BCUT2D eigenvalue weighted by molar-refractivity contribution is 8.00. The number of aliphatic hydroxyl groups excluding tert-OH is 1. The molecule has 2 aromatic heterocycles. The molecule has 0 saturated heterocycles. The quantitative estimate of drug-likeness (QED) is 0.303. The standard InChI is InChI=1S/C25H28N6O2S/c1-15-12-19(8-9-21(15)34-16(2)10-11-32)20-14-28-23(26)22(29-20)25-31-30-24(33-25)18-6-4-17(5-7-18)13-27-3/h4-9,12,14,16,27,32H,10-11,13H2,1-3H3,(H2,26,28). The Morgan fingerprint density at radius 2 is 1.82 bits per heavy atom. The van der Waals surface area contributed by atoms with E-state index in [1.807, 2.05) is 37.4 Å². The first-order valence-electron chi connectivity index (χ1n) is 11.1. The fraction of sp³-hybridized carbons (Fsp3) is 0.280. The Labute approximate surface area is 203 Å². The third kappa shape index (κ3) is 5.44. The van der Waals surface area contributed by atoms with Crippen molar-refractivity contribution in [1.29, 1.82) is 0 Å². The second kappa shape index (κ2) is 10.8. The number of nitrogen functional groups attached to an aromatic ring is 1. The van der Waals surface area contributed by atoms with Crippen molar-refractivity contribution >= 4 is 17.6 Å². The van der Waals surface area contributed by atoms with E-state index >= 15 is 0 Å². The van der Waals surface area contributed by atoms with Crippen LogP contribution in [0, 0.1) is 6.92 Å². The molecule has 0 fully saturated rings. The van der Waals surface area contributed by atoms with E-state index in [-0.39, 0.29) is 18.3 Å². The van der Waals surface area contributed by atoms with E-state index in [0.717, 1.165) is 35.2 Å². The summed E-state index contributed by atoms with van der Waals surface area (Å²) in [5.74, 6) is 0.847. The van der Waals surface area contributed by atoms with Crippen molar-refractivity contribution in [1.82, 2.24) is 25.5 Å². The normalized spacial score (nSPS) is 12.1. The average Bonchev–Trinajstić information content (AvgIpc) is 3.32. The zero-order valence-corrected chi connectivity index (χ0v) is 20.3. The van der Waals surface area contributed by atoms with Crippen molar-refractivity contribution in [3.63, 3.8) is 0 Å². The van der Waals surface area contributed by atoms with Gasteiger partial charge in [0.15, 0.2) is 11.5 Å². The third-order valence-electron chi connectivity index (χ3n) is 5.34. The fourth-order valence-electron chi connectivity index (χ4n) is 3.50. The molecule has 1 atom stereocenters. The van der Waals surface area contributed by atoms with Gasteiger partial charge in [-0.2, -0.15) is 0 Å². The number of anilines is 1. The summed E-state index contributed by atoms with van der Waals surface area (Å²) in [6, 6.07) is 14.1. The summed E-state index contributed by atoms with van der Waals surface area (Å²) in [5, 5.41) is 21.0. The van der Waals surface area contributed by atoms with Crippen molar-refractivity contribution in [2.45, 2.75) is 37.0 Å². The van der Waals surface area contributed by atoms with Crippen LogP contribution in [-0.4, -0.2) is 44.2 Å². The number of benzene rings is 2. The molecule has 2 heterocycles. The third-order valence-corrected chi connectivity index (χ3v) is 6.69. The summed E-state index contributed by atoms with van der Waals surface area (Å²) >= 11 is 1.75. The smallest absolute Gasteiger partial charge is 0.270 e. The van der Waals surface area contributed by atoms with Crippen LogP contribution in [0.3, 0.4) is 0 Å². The van der Waals surface area contributed by atoms with Gasteiger partial charge < -0.3 is 20.6 Å². The monoisotopic (exact) mass is 476 g/mol. The minimum Gasteiger partial charge on any atom is -0.414 e. The van der Waals surface area contributed by atoms with Gasteiger partial charge in [0.25, 0.3) is 5.89 Å². The number of nitrogens with zero attached hydrogens (tertiary/aromatic N) is 4. The lowest BCUT2D eigenvalue weighted by Gasteiger charge is -2.13. The van der Waals surface area contributed by atoms with Crippen LogP contribution in [0.15, 0.2) is 58.0 Å². The molecule has 176 valence electrons. The Balaban J connectivity index is 1.59. The molecule has 4 N–H and O–H groups in total. The molecule has 0 aliphatic carbocycles. The van der Waals surface area contributed by atoms with E-state index < -0.39 is 0 Å². The largest absolute Gasteiger partial charge is 0.414 e. The number of aryl methyl sites for hydroxylation is 1. The molecule has 8 nitrogen and oxygen atoms in total. The van der Waals surface area contributed by atoms with Gasteiger partial charge in [0.05, 0.1) is 11.9 Å². The summed E-state index contributed by atoms with van der Waals surface area (Å²) in [5.41, 5.74) is 11.2.